The van der Waals surface area contributed by atoms with E-state index in [2.05, 4.69) is 32.9 Å². The zero-order valence-electron chi connectivity index (χ0n) is 12.8. The lowest BCUT2D eigenvalue weighted by Gasteiger charge is -2.15. The molecule has 1 rings (SSSR count). The van der Waals surface area contributed by atoms with Crippen molar-refractivity contribution in [3.8, 4) is 0 Å². The summed E-state index contributed by atoms with van der Waals surface area (Å²) in [5.74, 6) is 0.475. The molecule has 0 radical (unpaired) electrons. The molecule has 0 spiro atoms. The first-order valence-corrected chi connectivity index (χ1v) is 9.89. The molecule has 19 heavy (non-hydrogen) atoms. The number of thiol groups is 1. The van der Waals surface area contributed by atoms with Gasteiger partial charge in [-0.25, -0.2) is 0 Å². The van der Waals surface area contributed by atoms with Crippen LogP contribution in [0.2, 0.25) is 0 Å². The summed E-state index contributed by atoms with van der Waals surface area (Å²) in [6, 6.07) is 7.53. The molecular formula is C16H27OPS. The summed E-state index contributed by atoms with van der Waals surface area (Å²) in [6.07, 6.45) is 3.14. The summed E-state index contributed by atoms with van der Waals surface area (Å²) < 4.78 is 0. The largest absolute Gasteiger partial charge is 0.294 e. The predicted octanol–water partition coefficient (Wildman–Crippen LogP) is 5.34. The maximum atomic E-state index is 12.3. The standard InChI is InChI=1S/C14H21OPS.C2H6/c1-4-11(9-10-16(2)3)14(15)12-5-7-13(17)8-6-12;1-2/h5-8,11,17H,4,9-10H2,1-3H3;1-2H3. The van der Waals surface area contributed by atoms with Gasteiger partial charge in [-0.3, -0.25) is 4.79 Å². The van der Waals surface area contributed by atoms with Gasteiger partial charge in [-0.15, -0.1) is 20.6 Å². The first kappa shape index (κ1) is 18.7. The van der Waals surface area contributed by atoms with Gasteiger partial charge in [0, 0.05) is 16.4 Å². The number of carbonyl (C=O) groups excluding carboxylic acids is 1. The van der Waals surface area contributed by atoms with Crippen LogP contribution in [0.4, 0.5) is 0 Å². The Hall–Kier alpha value is -0.330. The number of benzene rings is 1. The lowest BCUT2D eigenvalue weighted by molar-refractivity contribution is 0.0914. The van der Waals surface area contributed by atoms with E-state index >= 15 is 0 Å². The van der Waals surface area contributed by atoms with Crippen molar-refractivity contribution in [3.63, 3.8) is 0 Å². The SMILES string of the molecule is CC.CCC(CCP(C)C)C(=O)c1ccc(S)cc1. The van der Waals surface area contributed by atoms with Crippen LogP contribution < -0.4 is 0 Å². The molecule has 1 atom stereocenters. The monoisotopic (exact) mass is 298 g/mol. The number of ketones is 1. The zero-order valence-corrected chi connectivity index (χ0v) is 14.6. The van der Waals surface area contributed by atoms with E-state index in [0.717, 1.165) is 23.3 Å². The van der Waals surface area contributed by atoms with Gasteiger partial charge >= 0.3 is 0 Å². The molecular weight excluding hydrogens is 271 g/mol. The van der Waals surface area contributed by atoms with Crippen LogP contribution in [-0.2, 0) is 0 Å². The highest BCUT2D eigenvalue weighted by Crippen LogP contribution is 2.29. The average molecular weight is 298 g/mol. The molecule has 0 aliphatic rings. The van der Waals surface area contributed by atoms with Gasteiger partial charge in [-0.05, 0) is 44.5 Å². The molecule has 0 amide bonds. The summed E-state index contributed by atoms with van der Waals surface area (Å²) in [7, 11) is 0.0980. The van der Waals surface area contributed by atoms with Crippen molar-refractivity contribution in [1.29, 1.82) is 0 Å². The van der Waals surface area contributed by atoms with Gasteiger partial charge < -0.3 is 0 Å². The third-order valence-corrected chi connectivity index (χ3v) is 4.39. The van der Waals surface area contributed by atoms with E-state index in [-0.39, 0.29) is 19.6 Å². The molecule has 1 aromatic rings. The van der Waals surface area contributed by atoms with Gasteiger partial charge in [0.15, 0.2) is 5.78 Å². The lowest BCUT2D eigenvalue weighted by atomic mass is 9.93. The second-order valence-electron chi connectivity index (χ2n) is 4.61. The van der Waals surface area contributed by atoms with E-state index < -0.39 is 0 Å². The van der Waals surface area contributed by atoms with E-state index in [1.54, 1.807) is 0 Å². The summed E-state index contributed by atoms with van der Waals surface area (Å²) in [4.78, 5) is 13.2. The molecule has 1 aromatic carbocycles. The Labute approximate surface area is 125 Å². The van der Waals surface area contributed by atoms with Crippen LogP contribution in [0.25, 0.3) is 0 Å². The Kier molecular flexibility index (Phi) is 10.3. The summed E-state index contributed by atoms with van der Waals surface area (Å²) in [5.41, 5.74) is 0.825. The maximum Gasteiger partial charge on any atom is 0.165 e. The quantitative estimate of drug-likeness (QED) is 0.426. The van der Waals surface area contributed by atoms with Crippen molar-refractivity contribution in [2.45, 2.75) is 38.5 Å². The molecule has 0 N–H and O–H groups in total. The molecule has 0 aromatic heterocycles. The Morgan fingerprint density at radius 2 is 1.74 bits per heavy atom. The van der Waals surface area contributed by atoms with Crippen molar-refractivity contribution >= 4 is 26.3 Å². The van der Waals surface area contributed by atoms with E-state index in [4.69, 9.17) is 0 Å². The number of Topliss-reactive ketones (excluding diaryl/α,β-unsaturated/α-hetero) is 1. The molecule has 0 saturated carbocycles. The van der Waals surface area contributed by atoms with Crippen LogP contribution >= 0.6 is 20.6 Å². The minimum absolute atomic E-state index is 0.0980. The van der Waals surface area contributed by atoms with E-state index in [9.17, 15) is 4.79 Å². The highest BCUT2D eigenvalue weighted by Gasteiger charge is 2.18. The van der Waals surface area contributed by atoms with Crippen LogP contribution in [0, 0.1) is 5.92 Å². The third-order valence-electron chi connectivity index (χ3n) is 2.94. The van der Waals surface area contributed by atoms with Gasteiger partial charge in [-0.1, -0.05) is 32.9 Å². The fraction of sp³-hybridized carbons (Fsp3) is 0.562. The number of hydrogen-bond donors (Lipinski definition) is 1. The summed E-state index contributed by atoms with van der Waals surface area (Å²) in [6.45, 7) is 10.6. The van der Waals surface area contributed by atoms with E-state index in [1.807, 2.05) is 38.1 Å². The number of carbonyl (C=O) groups is 1. The first-order valence-electron chi connectivity index (χ1n) is 7.02. The van der Waals surface area contributed by atoms with Gasteiger partial charge in [0.05, 0.1) is 0 Å². The lowest BCUT2D eigenvalue weighted by Crippen LogP contribution is -2.15. The topological polar surface area (TPSA) is 17.1 Å². The normalized spacial score (nSPS) is 11.7. The minimum Gasteiger partial charge on any atom is -0.294 e. The Morgan fingerprint density at radius 1 is 1.21 bits per heavy atom. The predicted molar refractivity (Wildman–Crippen MR) is 91.4 cm³/mol. The van der Waals surface area contributed by atoms with Gasteiger partial charge in [0.25, 0.3) is 0 Å². The number of hydrogen-bond acceptors (Lipinski definition) is 2. The highest BCUT2D eigenvalue weighted by atomic mass is 32.1. The average Bonchev–Trinajstić information content (AvgIpc) is 2.42. The molecule has 0 saturated heterocycles. The van der Waals surface area contributed by atoms with Gasteiger partial charge in [0.1, 0.15) is 0 Å². The summed E-state index contributed by atoms with van der Waals surface area (Å²) >= 11 is 4.23. The fourth-order valence-corrected chi connectivity index (χ4v) is 2.77. The molecule has 108 valence electrons. The van der Waals surface area contributed by atoms with Crippen molar-refractivity contribution in [2.75, 3.05) is 19.5 Å². The maximum absolute atomic E-state index is 12.3. The molecule has 0 aliphatic heterocycles. The third kappa shape index (κ3) is 7.13. The van der Waals surface area contributed by atoms with Crippen molar-refractivity contribution in [1.82, 2.24) is 0 Å². The smallest absolute Gasteiger partial charge is 0.165 e. The zero-order chi connectivity index (χ0) is 14.8. The first-order chi connectivity index (χ1) is 9.04. The van der Waals surface area contributed by atoms with Crippen molar-refractivity contribution in [3.05, 3.63) is 29.8 Å². The Bertz CT molecular complexity index is 360. The van der Waals surface area contributed by atoms with Crippen LogP contribution in [-0.4, -0.2) is 25.3 Å². The molecule has 0 fully saturated rings. The summed E-state index contributed by atoms with van der Waals surface area (Å²) in [5, 5.41) is 0. The van der Waals surface area contributed by atoms with Gasteiger partial charge in [-0.2, -0.15) is 0 Å². The van der Waals surface area contributed by atoms with Crippen LogP contribution in [0.15, 0.2) is 29.2 Å². The Balaban J connectivity index is 0.00000154. The molecule has 0 heterocycles. The second kappa shape index (κ2) is 10.5. The second-order valence-corrected chi connectivity index (χ2v) is 7.73. The van der Waals surface area contributed by atoms with Gasteiger partial charge in [0.2, 0.25) is 0 Å². The molecule has 0 aliphatic carbocycles. The minimum atomic E-state index is 0.0980. The van der Waals surface area contributed by atoms with Crippen molar-refractivity contribution < 1.29 is 4.79 Å². The van der Waals surface area contributed by atoms with E-state index in [0.29, 0.717) is 0 Å². The van der Waals surface area contributed by atoms with Crippen LogP contribution in [0.5, 0.6) is 0 Å². The number of rotatable bonds is 6. The Morgan fingerprint density at radius 3 is 2.16 bits per heavy atom. The highest BCUT2D eigenvalue weighted by molar-refractivity contribution is 7.80. The molecule has 3 heteroatoms. The van der Waals surface area contributed by atoms with Crippen LogP contribution in [0.1, 0.15) is 44.0 Å². The van der Waals surface area contributed by atoms with Crippen LogP contribution in [0.3, 0.4) is 0 Å². The molecule has 1 unspecified atom stereocenters. The molecule has 1 nitrogen and oxygen atoms in total. The fourth-order valence-electron chi connectivity index (χ4n) is 1.80. The van der Waals surface area contributed by atoms with E-state index in [1.165, 1.54) is 6.16 Å². The molecule has 0 bridgehead atoms. The van der Waals surface area contributed by atoms with Crippen molar-refractivity contribution in [2.24, 2.45) is 5.92 Å².